The van der Waals surface area contributed by atoms with E-state index in [9.17, 15) is 0 Å². The summed E-state index contributed by atoms with van der Waals surface area (Å²) >= 11 is 0. The number of ether oxygens (including phenoxy) is 2. The molecular weight excluding hydrogens is 266 g/mol. The Morgan fingerprint density at radius 3 is 2.62 bits per heavy atom. The van der Waals surface area contributed by atoms with Gasteiger partial charge < -0.3 is 19.6 Å². The highest BCUT2D eigenvalue weighted by Gasteiger charge is 2.09. The van der Waals surface area contributed by atoms with Gasteiger partial charge in [0.25, 0.3) is 0 Å². The van der Waals surface area contributed by atoms with Crippen LogP contribution in [0.3, 0.4) is 0 Å². The molecule has 0 aliphatic rings. The molecule has 3 aromatic rings. The predicted octanol–water partition coefficient (Wildman–Crippen LogP) is 2.48. The molecule has 5 heteroatoms. The lowest BCUT2D eigenvalue weighted by atomic mass is 10.1. The second-order valence-electron chi connectivity index (χ2n) is 4.70. The quantitative estimate of drug-likeness (QED) is 0.799. The van der Waals surface area contributed by atoms with Crippen molar-refractivity contribution in [1.29, 1.82) is 0 Å². The van der Waals surface area contributed by atoms with Crippen LogP contribution < -0.4 is 15.2 Å². The van der Waals surface area contributed by atoms with Crippen LogP contribution >= 0.6 is 0 Å². The van der Waals surface area contributed by atoms with Gasteiger partial charge in [0.1, 0.15) is 5.65 Å². The van der Waals surface area contributed by atoms with Crippen molar-refractivity contribution in [1.82, 2.24) is 9.38 Å². The Bertz CT molecular complexity index is 780. The summed E-state index contributed by atoms with van der Waals surface area (Å²) in [6, 6.07) is 9.75. The van der Waals surface area contributed by atoms with Crippen LogP contribution in [0.4, 0.5) is 0 Å². The third-order valence-electron chi connectivity index (χ3n) is 3.44. The Morgan fingerprint density at radius 1 is 1.10 bits per heavy atom. The SMILES string of the molecule is COc1ccc(-c2cn3ccc(CN)cc3n2)cc1OC. The van der Waals surface area contributed by atoms with E-state index < -0.39 is 0 Å². The molecule has 5 nitrogen and oxygen atoms in total. The van der Waals surface area contributed by atoms with E-state index in [1.807, 2.05) is 47.1 Å². The Balaban J connectivity index is 2.07. The van der Waals surface area contributed by atoms with Gasteiger partial charge in [-0.1, -0.05) is 0 Å². The van der Waals surface area contributed by atoms with Gasteiger partial charge in [0.05, 0.1) is 19.9 Å². The maximum absolute atomic E-state index is 5.66. The standard InChI is InChI=1S/C16H17N3O2/c1-20-14-4-3-12(8-15(14)21-2)13-10-19-6-5-11(9-17)7-16(19)18-13/h3-8,10H,9,17H2,1-2H3. The van der Waals surface area contributed by atoms with Gasteiger partial charge in [-0.05, 0) is 35.9 Å². The summed E-state index contributed by atoms with van der Waals surface area (Å²) in [7, 11) is 3.25. The number of nitrogens with zero attached hydrogens (tertiary/aromatic N) is 2. The summed E-state index contributed by atoms with van der Waals surface area (Å²) in [5, 5.41) is 0. The van der Waals surface area contributed by atoms with E-state index in [0.29, 0.717) is 18.0 Å². The van der Waals surface area contributed by atoms with Crippen molar-refractivity contribution in [3.8, 4) is 22.8 Å². The number of nitrogens with two attached hydrogens (primary N) is 1. The lowest BCUT2D eigenvalue weighted by Gasteiger charge is -2.08. The first-order valence-corrected chi connectivity index (χ1v) is 6.65. The summed E-state index contributed by atoms with van der Waals surface area (Å²) < 4.78 is 12.6. The molecule has 2 N–H and O–H groups in total. The van der Waals surface area contributed by atoms with Crippen LogP contribution in [0.2, 0.25) is 0 Å². The van der Waals surface area contributed by atoms with Gasteiger partial charge >= 0.3 is 0 Å². The molecule has 0 fully saturated rings. The normalized spacial score (nSPS) is 10.8. The average Bonchev–Trinajstić information content (AvgIpc) is 2.96. The molecular formula is C16H17N3O2. The van der Waals surface area contributed by atoms with Gasteiger partial charge in [-0.15, -0.1) is 0 Å². The van der Waals surface area contributed by atoms with E-state index in [1.165, 1.54) is 0 Å². The first kappa shape index (κ1) is 13.5. The molecule has 0 saturated heterocycles. The molecule has 2 heterocycles. The number of aromatic nitrogens is 2. The zero-order valence-electron chi connectivity index (χ0n) is 12.0. The lowest BCUT2D eigenvalue weighted by molar-refractivity contribution is 0.355. The number of rotatable bonds is 4. The van der Waals surface area contributed by atoms with Crippen molar-refractivity contribution in [3.63, 3.8) is 0 Å². The van der Waals surface area contributed by atoms with Crippen molar-refractivity contribution < 1.29 is 9.47 Å². The zero-order valence-corrected chi connectivity index (χ0v) is 12.0. The van der Waals surface area contributed by atoms with Crippen LogP contribution in [-0.4, -0.2) is 23.6 Å². The fourth-order valence-corrected chi connectivity index (χ4v) is 2.29. The minimum absolute atomic E-state index is 0.509. The summed E-state index contributed by atoms with van der Waals surface area (Å²) in [5.74, 6) is 1.39. The van der Waals surface area contributed by atoms with E-state index in [0.717, 1.165) is 22.5 Å². The maximum Gasteiger partial charge on any atom is 0.161 e. The van der Waals surface area contributed by atoms with Crippen LogP contribution in [0.25, 0.3) is 16.9 Å². The second-order valence-corrected chi connectivity index (χ2v) is 4.70. The van der Waals surface area contributed by atoms with Crippen LogP contribution in [0.15, 0.2) is 42.7 Å². The molecule has 3 rings (SSSR count). The molecule has 0 aliphatic carbocycles. The Kier molecular flexibility index (Phi) is 3.50. The fraction of sp³-hybridized carbons (Fsp3) is 0.188. The molecule has 0 radical (unpaired) electrons. The van der Waals surface area contributed by atoms with E-state index in [-0.39, 0.29) is 0 Å². The van der Waals surface area contributed by atoms with E-state index in [4.69, 9.17) is 15.2 Å². The van der Waals surface area contributed by atoms with Crippen molar-refractivity contribution >= 4 is 5.65 Å². The van der Waals surface area contributed by atoms with Crippen molar-refractivity contribution in [3.05, 3.63) is 48.3 Å². The topological polar surface area (TPSA) is 61.8 Å². The number of benzene rings is 1. The fourth-order valence-electron chi connectivity index (χ4n) is 2.29. The molecule has 0 aliphatic heterocycles. The summed E-state index contributed by atoms with van der Waals surface area (Å²) in [5.41, 5.74) is 9.46. The molecule has 0 spiro atoms. The Hall–Kier alpha value is -2.53. The van der Waals surface area contributed by atoms with E-state index in [2.05, 4.69) is 4.98 Å². The van der Waals surface area contributed by atoms with E-state index in [1.54, 1.807) is 14.2 Å². The number of pyridine rings is 1. The lowest BCUT2D eigenvalue weighted by Crippen LogP contribution is -1.96. The minimum atomic E-state index is 0.509. The number of imidazole rings is 1. The Labute approximate surface area is 122 Å². The summed E-state index contributed by atoms with van der Waals surface area (Å²) in [6.07, 6.45) is 3.95. The molecule has 0 saturated carbocycles. The van der Waals surface area contributed by atoms with Crippen LogP contribution in [0, 0.1) is 0 Å². The molecule has 0 amide bonds. The van der Waals surface area contributed by atoms with Crippen molar-refractivity contribution in [2.75, 3.05) is 14.2 Å². The predicted molar refractivity (Wildman–Crippen MR) is 81.6 cm³/mol. The molecule has 108 valence electrons. The number of hydrogen-bond donors (Lipinski definition) is 1. The molecule has 0 bridgehead atoms. The number of fused-ring (bicyclic) bond motifs is 1. The van der Waals surface area contributed by atoms with E-state index >= 15 is 0 Å². The zero-order chi connectivity index (χ0) is 14.8. The van der Waals surface area contributed by atoms with Gasteiger partial charge in [-0.2, -0.15) is 0 Å². The molecule has 2 aromatic heterocycles. The summed E-state index contributed by atoms with van der Waals surface area (Å²) in [4.78, 5) is 4.63. The molecule has 21 heavy (non-hydrogen) atoms. The monoisotopic (exact) mass is 283 g/mol. The van der Waals surface area contributed by atoms with Gasteiger partial charge in [-0.25, -0.2) is 4.98 Å². The van der Waals surface area contributed by atoms with Gasteiger partial charge in [0.2, 0.25) is 0 Å². The molecule has 0 unspecified atom stereocenters. The highest BCUT2D eigenvalue weighted by Crippen LogP contribution is 2.32. The highest BCUT2D eigenvalue weighted by atomic mass is 16.5. The minimum Gasteiger partial charge on any atom is -0.493 e. The average molecular weight is 283 g/mol. The van der Waals surface area contributed by atoms with Crippen molar-refractivity contribution in [2.24, 2.45) is 5.73 Å². The molecule has 0 atom stereocenters. The Morgan fingerprint density at radius 2 is 1.90 bits per heavy atom. The van der Waals surface area contributed by atoms with Gasteiger partial charge in [0.15, 0.2) is 11.5 Å². The third-order valence-corrected chi connectivity index (χ3v) is 3.44. The van der Waals surface area contributed by atoms with Crippen LogP contribution in [0.5, 0.6) is 11.5 Å². The maximum atomic E-state index is 5.66. The second kappa shape index (κ2) is 5.46. The third kappa shape index (κ3) is 2.43. The van der Waals surface area contributed by atoms with Crippen molar-refractivity contribution in [2.45, 2.75) is 6.54 Å². The first-order valence-electron chi connectivity index (χ1n) is 6.65. The number of hydrogen-bond acceptors (Lipinski definition) is 4. The van der Waals surface area contributed by atoms with Gasteiger partial charge in [0, 0.05) is 24.5 Å². The van der Waals surface area contributed by atoms with Gasteiger partial charge in [-0.3, -0.25) is 0 Å². The first-order chi connectivity index (χ1) is 10.2. The van der Waals surface area contributed by atoms with Crippen LogP contribution in [0.1, 0.15) is 5.56 Å². The summed E-state index contributed by atoms with van der Waals surface area (Å²) in [6.45, 7) is 0.509. The number of methoxy groups -OCH3 is 2. The smallest absolute Gasteiger partial charge is 0.161 e. The molecule has 1 aromatic carbocycles. The highest BCUT2D eigenvalue weighted by molar-refractivity contribution is 5.66. The van der Waals surface area contributed by atoms with Crippen LogP contribution in [-0.2, 0) is 6.54 Å². The largest absolute Gasteiger partial charge is 0.493 e.